The van der Waals surface area contributed by atoms with Gasteiger partial charge in [-0.3, -0.25) is 29.2 Å². The average molecular weight is 571 g/mol. The highest BCUT2D eigenvalue weighted by Crippen LogP contribution is 2.17. The van der Waals surface area contributed by atoms with Crippen molar-refractivity contribution in [3.63, 3.8) is 0 Å². The second-order valence-electron chi connectivity index (χ2n) is 11.2. The van der Waals surface area contributed by atoms with E-state index in [2.05, 4.69) is 26.3 Å². The first-order chi connectivity index (χ1) is 19.5. The summed E-state index contributed by atoms with van der Waals surface area (Å²) in [5.74, 6) is -2.11. The molecule has 224 valence electrons. The minimum atomic E-state index is -0.959. The molecule has 1 fully saturated rings. The van der Waals surface area contributed by atoms with Crippen molar-refractivity contribution < 1.29 is 29.2 Å². The predicted molar refractivity (Wildman–Crippen MR) is 152 cm³/mol. The maximum absolute atomic E-state index is 13.6. The minimum Gasteiger partial charge on any atom is -0.358 e. The standard InChI is InChI=1S/C29H42N6O6/c1-17(2)13-20-16-26(37)30-18(3)27(38)33-23(11-5-4-6-12-25(36)35-41)28(39)34-24(29(40)32-20)15-21-14-19-9-7-8-10-22(19)31-21/h7-10,14,17-18,20,23-24,31,41H,4-6,11-13,15-16H2,1-3H3,(H,30,37)(H,32,40)(H,33,38)(H,34,39)(H,35,36)/t18-,20-,23-,24-/m0/s1. The molecule has 12 nitrogen and oxygen atoms in total. The predicted octanol–water partition coefficient (Wildman–Crippen LogP) is 1.58. The van der Waals surface area contributed by atoms with Gasteiger partial charge < -0.3 is 26.3 Å². The molecule has 1 aliphatic heterocycles. The largest absolute Gasteiger partial charge is 0.358 e. The number of aromatic amines is 1. The summed E-state index contributed by atoms with van der Waals surface area (Å²) < 4.78 is 0. The normalized spacial score (nSPS) is 22.6. The molecule has 1 aromatic carbocycles. The molecule has 0 bridgehead atoms. The van der Waals surface area contributed by atoms with Gasteiger partial charge in [0.05, 0.1) is 0 Å². The molecule has 4 atom stereocenters. The third-order valence-electron chi connectivity index (χ3n) is 7.10. The van der Waals surface area contributed by atoms with Crippen LogP contribution < -0.4 is 26.7 Å². The topological polar surface area (TPSA) is 182 Å². The molecule has 7 N–H and O–H groups in total. The van der Waals surface area contributed by atoms with Crippen LogP contribution in [0.5, 0.6) is 0 Å². The van der Waals surface area contributed by atoms with Crippen LogP contribution in [-0.2, 0) is 30.4 Å². The summed E-state index contributed by atoms with van der Waals surface area (Å²) in [6.07, 6.45) is 2.69. The van der Waals surface area contributed by atoms with Crippen molar-refractivity contribution in [3.8, 4) is 0 Å². The molecule has 41 heavy (non-hydrogen) atoms. The summed E-state index contributed by atoms with van der Waals surface area (Å²) in [5.41, 5.74) is 3.25. The molecule has 0 saturated carbocycles. The van der Waals surface area contributed by atoms with E-state index in [1.165, 1.54) is 0 Å². The number of benzene rings is 1. The molecule has 2 aromatic rings. The van der Waals surface area contributed by atoms with Gasteiger partial charge in [0.25, 0.3) is 0 Å². The van der Waals surface area contributed by atoms with Crippen molar-refractivity contribution in [1.82, 2.24) is 31.7 Å². The summed E-state index contributed by atoms with van der Waals surface area (Å²) in [6, 6.07) is 6.35. The number of unbranched alkanes of at least 4 members (excludes halogenated alkanes) is 2. The third kappa shape index (κ3) is 9.89. The first kappa shape index (κ1) is 31.6. The van der Waals surface area contributed by atoms with Gasteiger partial charge in [-0.1, -0.05) is 44.9 Å². The van der Waals surface area contributed by atoms with Gasteiger partial charge in [-0.15, -0.1) is 0 Å². The first-order valence-electron chi connectivity index (χ1n) is 14.3. The quantitative estimate of drug-likeness (QED) is 0.129. The molecule has 1 saturated heterocycles. The lowest BCUT2D eigenvalue weighted by atomic mass is 9.99. The number of hydroxylamine groups is 1. The molecule has 0 radical (unpaired) electrons. The van der Waals surface area contributed by atoms with E-state index in [4.69, 9.17) is 5.21 Å². The summed E-state index contributed by atoms with van der Waals surface area (Å²) in [4.78, 5) is 67.4. The lowest BCUT2D eigenvalue weighted by Gasteiger charge is -2.25. The Morgan fingerprint density at radius 3 is 2.37 bits per heavy atom. The lowest BCUT2D eigenvalue weighted by Crippen LogP contribution is -2.56. The van der Waals surface area contributed by atoms with E-state index < -0.39 is 47.8 Å². The van der Waals surface area contributed by atoms with E-state index in [1.54, 1.807) is 12.4 Å². The van der Waals surface area contributed by atoms with Gasteiger partial charge in [0.15, 0.2) is 0 Å². The molecule has 0 unspecified atom stereocenters. The second-order valence-corrected chi connectivity index (χ2v) is 11.2. The van der Waals surface area contributed by atoms with Crippen LogP contribution in [-0.4, -0.2) is 63.9 Å². The maximum Gasteiger partial charge on any atom is 0.243 e. The van der Waals surface area contributed by atoms with Crippen molar-refractivity contribution in [3.05, 3.63) is 36.0 Å². The van der Waals surface area contributed by atoms with E-state index in [0.717, 1.165) is 16.6 Å². The number of carbonyl (C=O) groups excluding carboxylic acids is 5. The van der Waals surface area contributed by atoms with Gasteiger partial charge in [-0.25, -0.2) is 5.48 Å². The van der Waals surface area contributed by atoms with Crippen LogP contribution in [0.15, 0.2) is 30.3 Å². The Morgan fingerprint density at radius 2 is 1.66 bits per heavy atom. The van der Waals surface area contributed by atoms with E-state index in [-0.39, 0.29) is 37.5 Å². The number of aromatic nitrogens is 1. The van der Waals surface area contributed by atoms with Crippen molar-refractivity contribution in [1.29, 1.82) is 0 Å². The van der Waals surface area contributed by atoms with Crippen molar-refractivity contribution in [2.75, 3.05) is 0 Å². The monoisotopic (exact) mass is 570 g/mol. The molecule has 3 rings (SSSR count). The van der Waals surface area contributed by atoms with Gasteiger partial charge in [-0.05, 0) is 49.6 Å². The number of amides is 5. The molecular weight excluding hydrogens is 528 g/mol. The van der Waals surface area contributed by atoms with Gasteiger partial charge >= 0.3 is 0 Å². The fraction of sp³-hybridized carbons (Fsp3) is 0.552. The van der Waals surface area contributed by atoms with Crippen molar-refractivity contribution in [2.24, 2.45) is 5.92 Å². The zero-order valence-corrected chi connectivity index (χ0v) is 23.9. The third-order valence-corrected chi connectivity index (χ3v) is 7.10. The number of fused-ring (bicyclic) bond motifs is 1. The van der Waals surface area contributed by atoms with Crippen LogP contribution in [0.25, 0.3) is 10.9 Å². The first-order valence-corrected chi connectivity index (χ1v) is 14.3. The fourth-order valence-electron chi connectivity index (χ4n) is 5.03. The van der Waals surface area contributed by atoms with Crippen LogP contribution in [0, 0.1) is 5.92 Å². The highest BCUT2D eigenvalue weighted by Gasteiger charge is 2.31. The number of rotatable bonds is 10. The molecule has 1 aliphatic rings. The lowest BCUT2D eigenvalue weighted by molar-refractivity contribution is -0.133. The van der Waals surface area contributed by atoms with E-state index >= 15 is 0 Å². The zero-order chi connectivity index (χ0) is 29.9. The molecule has 12 heteroatoms. The fourth-order valence-corrected chi connectivity index (χ4v) is 5.03. The molecule has 5 amide bonds. The molecule has 0 aliphatic carbocycles. The number of para-hydroxylation sites is 1. The summed E-state index contributed by atoms with van der Waals surface area (Å²) in [6.45, 7) is 5.53. The molecule has 2 heterocycles. The van der Waals surface area contributed by atoms with Crippen molar-refractivity contribution in [2.45, 2.75) is 96.3 Å². The van der Waals surface area contributed by atoms with Crippen LogP contribution in [0.4, 0.5) is 0 Å². The van der Waals surface area contributed by atoms with E-state index in [9.17, 15) is 24.0 Å². The minimum absolute atomic E-state index is 0.000556. The highest BCUT2D eigenvalue weighted by atomic mass is 16.5. The van der Waals surface area contributed by atoms with E-state index in [0.29, 0.717) is 25.7 Å². The van der Waals surface area contributed by atoms with Crippen LogP contribution in [0.1, 0.15) is 71.4 Å². The number of carbonyl (C=O) groups is 5. The number of nitrogens with one attached hydrogen (secondary N) is 6. The van der Waals surface area contributed by atoms with Gasteiger partial charge in [0.2, 0.25) is 29.5 Å². The Bertz CT molecular complexity index is 1190. The maximum atomic E-state index is 13.6. The van der Waals surface area contributed by atoms with E-state index in [1.807, 2.05) is 44.2 Å². The number of hydrogen-bond acceptors (Lipinski definition) is 6. The number of H-pyrrole nitrogens is 1. The number of hydrogen-bond donors (Lipinski definition) is 7. The zero-order valence-electron chi connectivity index (χ0n) is 23.9. The summed E-state index contributed by atoms with van der Waals surface area (Å²) in [7, 11) is 0. The van der Waals surface area contributed by atoms with Gasteiger partial charge in [0.1, 0.15) is 18.1 Å². The molecule has 1 aromatic heterocycles. The summed E-state index contributed by atoms with van der Waals surface area (Å²) >= 11 is 0. The Hall–Kier alpha value is -3.93. The Labute approximate surface area is 239 Å². The highest BCUT2D eigenvalue weighted by molar-refractivity contribution is 5.95. The second kappa shape index (κ2) is 15.2. The Kier molecular flexibility index (Phi) is 11.7. The van der Waals surface area contributed by atoms with Gasteiger partial charge in [0, 0.05) is 36.5 Å². The molecule has 0 spiro atoms. The Morgan fingerprint density at radius 1 is 0.951 bits per heavy atom. The smallest absolute Gasteiger partial charge is 0.243 e. The Balaban J connectivity index is 1.84. The van der Waals surface area contributed by atoms with Gasteiger partial charge in [-0.2, -0.15) is 0 Å². The average Bonchev–Trinajstić information content (AvgIpc) is 3.32. The van der Waals surface area contributed by atoms with Crippen LogP contribution in [0.2, 0.25) is 0 Å². The molecular formula is C29H42N6O6. The van der Waals surface area contributed by atoms with Crippen LogP contribution in [0.3, 0.4) is 0 Å². The van der Waals surface area contributed by atoms with Crippen LogP contribution >= 0.6 is 0 Å². The summed E-state index contributed by atoms with van der Waals surface area (Å²) in [5, 5.41) is 20.9. The SMILES string of the molecule is CC(C)C[C@H]1CC(=O)N[C@@H](C)C(=O)N[C@@H](CCCCCC(=O)NO)C(=O)N[C@@H](Cc2cc3ccccc3[nH]2)C(=O)N1. The van der Waals surface area contributed by atoms with Crippen molar-refractivity contribution >= 4 is 40.4 Å².